The number of aliphatic hydroxyl groups is 2. The highest BCUT2D eigenvalue weighted by Gasteiger charge is 2.68. The van der Waals surface area contributed by atoms with E-state index in [0.717, 1.165) is 24.7 Å². The molecule has 5 aliphatic rings. The van der Waals surface area contributed by atoms with Crippen LogP contribution < -0.4 is 0 Å². The van der Waals surface area contributed by atoms with Crippen molar-refractivity contribution in [3.63, 3.8) is 0 Å². The molecule has 2 N–H and O–H groups in total. The minimum atomic E-state index is -0.0814. The number of hydrogen-bond donors (Lipinski definition) is 2. The van der Waals surface area contributed by atoms with Crippen LogP contribution in [0.1, 0.15) is 107 Å². The normalized spacial score (nSPS) is 48.4. The van der Waals surface area contributed by atoms with E-state index >= 15 is 0 Å². The van der Waals surface area contributed by atoms with E-state index in [1.54, 1.807) is 0 Å². The predicted molar refractivity (Wildman–Crippen MR) is 134 cm³/mol. The fourth-order valence-electron chi connectivity index (χ4n) is 9.72. The second kappa shape index (κ2) is 7.05. The molecular formula is C30H48O3. The van der Waals surface area contributed by atoms with Crippen LogP contribution in [0.5, 0.6) is 0 Å². The van der Waals surface area contributed by atoms with Crippen LogP contribution in [-0.2, 0) is 4.74 Å². The molecule has 1 unspecified atom stereocenters. The molecule has 0 amide bonds. The Morgan fingerprint density at radius 1 is 1.00 bits per heavy atom. The van der Waals surface area contributed by atoms with Crippen LogP contribution in [0.2, 0.25) is 0 Å². The molecule has 0 radical (unpaired) electrons. The Kier molecular flexibility index (Phi) is 5.08. The first-order chi connectivity index (χ1) is 15.2. The van der Waals surface area contributed by atoms with E-state index in [1.807, 2.05) is 0 Å². The zero-order valence-corrected chi connectivity index (χ0v) is 22.4. The van der Waals surface area contributed by atoms with Crippen molar-refractivity contribution in [2.24, 2.45) is 45.3 Å². The van der Waals surface area contributed by atoms with Gasteiger partial charge in [-0.05, 0) is 98.2 Å². The first-order valence-electron chi connectivity index (χ1n) is 13.7. The summed E-state index contributed by atoms with van der Waals surface area (Å²) in [6, 6.07) is 0. The van der Waals surface area contributed by atoms with E-state index in [1.165, 1.54) is 37.7 Å². The molecule has 5 rings (SSSR count). The SMILES string of the molecule is C[C@H](CCC1OC1(C)C)[C@H]1CC[C@@]2(C)[C@@H]3CC=C4[C@@H](C(O)=C(O)CC4(C)C)[C@]3(C)CC[C@]12C. The minimum absolute atomic E-state index is 0.0120. The summed E-state index contributed by atoms with van der Waals surface area (Å²) in [5.41, 5.74) is 2.02. The Morgan fingerprint density at radius 3 is 2.30 bits per heavy atom. The average molecular weight is 457 g/mol. The monoisotopic (exact) mass is 456 g/mol. The Balaban J connectivity index is 1.44. The number of hydrogen-bond acceptors (Lipinski definition) is 3. The smallest absolute Gasteiger partial charge is 0.137 e. The van der Waals surface area contributed by atoms with Gasteiger partial charge in [0, 0.05) is 12.3 Å². The molecule has 0 spiro atoms. The van der Waals surface area contributed by atoms with Gasteiger partial charge in [0.1, 0.15) is 11.5 Å². The standard InChI is InChI=1S/C30H48O3/c1-18(9-12-23-27(4,5)33-23)19-13-14-30(8)22-11-10-20-24(25(32)21(31)17-26(20,2)3)28(22,6)15-16-29(19,30)7/h10,18-19,22-24,31-32H,9,11-17H2,1-8H3/t18-,19-,22-,23?,24+,28-,29-,30+/m1/s1. The van der Waals surface area contributed by atoms with Crippen molar-refractivity contribution in [2.45, 2.75) is 118 Å². The van der Waals surface area contributed by atoms with Crippen LogP contribution in [0.15, 0.2) is 23.2 Å². The van der Waals surface area contributed by atoms with E-state index in [0.29, 0.717) is 23.9 Å². The Morgan fingerprint density at radius 2 is 1.67 bits per heavy atom. The second-order valence-corrected chi connectivity index (χ2v) is 14.5. The van der Waals surface area contributed by atoms with Gasteiger partial charge in [0.05, 0.1) is 11.7 Å². The maximum atomic E-state index is 11.2. The third-order valence-corrected chi connectivity index (χ3v) is 12.1. The van der Waals surface area contributed by atoms with Crippen LogP contribution in [-0.4, -0.2) is 21.9 Å². The zero-order chi connectivity index (χ0) is 24.2. The van der Waals surface area contributed by atoms with Crippen molar-refractivity contribution in [2.75, 3.05) is 0 Å². The summed E-state index contributed by atoms with van der Waals surface area (Å²) >= 11 is 0. The first-order valence-corrected chi connectivity index (χ1v) is 13.7. The Hall–Kier alpha value is -0.960. The van der Waals surface area contributed by atoms with Crippen LogP contribution in [0.25, 0.3) is 0 Å². The summed E-state index contributed by atoms with van der Waals surface area (Å²) < 4.78 is 5.88. The van der Waals surface area contributed by atoms with Gasteiger partial charge >= 0.3 is 0 Å². The summed E-state index contributed by atoms with van der Waals surface area (Å²) in [4.78, 5) is 0. The van der Waals surface area contributed by atoms with Crippen molar-refractivity contribution < 1.29 is 14.9 Å². The summed E-state index contributed by atoms with van der Waals surface area (Å²) in [5.74, 6) is 2.51. The molecule has 1 aliphatic heterocycles. The number of epoxide rings is 1. The highest BCUT2D eigenvalue weighted by Crippen LogP contribution is 2.75. The molecule has 3 nitrogen and oxygen atoms in total. The maximum absolute atomic E-state index is 11.2. The van der Waals surface area contributed by atoms with Crippen molar-refractivity contribution >= 4 is 0 Å². The van der Waals surface area contributed by atoms with Gasteiger partial charge in [0.25, 0.3) is 0 Å². The third-order valence-electron chi connectivity index (χ3n) is 12.1. The molecule has 186 valence electrons. The van der Waals surface area contributed by atoms with Crippen molar-refractivity contribution in [3.05, 3.63) is 23.2 Å². The lowest BCUT2D eigenvalue weighted by molar-refractivity contribution is -0.137. The van der Waals surface area contributed by atoms with Gasteiger partial charge in [0.15, 0.2) is 0 Å². The molecule has 4 aliphatic carbocycles. The summed E-state index contributed by atoms with van der Waals surface area (Å²) in [5, 5.41) is 21.9. The van der Waals surface area contributed by atoms with Crippen molar-refractivity contribution in [3.8, 4) is 0 Å². The van der Waals surface area contributed by atoms with Crippen LogP contribution >= 0.6 is 0 Å². The minimum Gasteiger partial charge on any atom is -0.509 e. The Bertz CT molecular complexity index is 896. The quantitative estimate of drug-likeness (QED) is 0.332. The van der Waals surface area contributed by atoms with Crippen LogP contribution in [0.3, 0.4) is 0 Å². The van der Waals surface area contributed by atoms with E-state index in [4.69, 9.17) is 4.74 Å². The molecule has 1 heterocycles. The predicted octanol–water partition coefficient (Wildman–Crippen LogP) is 8.12. The number of aliphatic hydroxyl groups excluding tert-OH is 2. The third kappa shape index (κ3) is 3.16. The average Bonchev–Trinajstić information content (AvgIpc) is 3.23. The van der Waals surface area contributed by atoms with Crippen LogP contribution in [0.4, 0.5) is 0 Å². The topological polar surface area (TPSA) is 53.0 Å². The van der Waals surface area contributed by atoms with Gasteiger partial charge in [-0.2, -0.15) is 0 Å². The lowest BCUT2D eigenvalue weighted by Crippen LogP contribution is -2.58. The van der Waals surface area contributed by atoms with Gasteiger partial charge in [-0.1, -0.05) is 53.2 Å². The summed E-state index contributed by atoms with van der Waals surface area (Å²) in [7, 11) is 0. The molecule has 3 heteroatoms. The lowest BCUT2D eigenvalue weighted by atomic mass is 9.39. The van der Waals surface area contributed by atoms with Gasteiger partial charge in [-0.25, -0.2) is 0 Å². The summed E-state index contributed by atoms with van der Waals surface area (Å²) in [6.45, 7) is 19.1. The fourth-order valence-corrected chi connectivity index (χ4v) is 9.72. The molecule has 0 aromatic rings. The molecule has 2 saturated carbocycles. The highest BCUT2D eigenvalue weighted by atomic mass is 16.6. The molecule has 0 bridgehead atoms. The van der Waals surface area contributed by atoms with E-state index in [-0.39, 0.29) is 39.3 Å². The van der Waals surface area contributed by atoms with Crippen LogP contribution in [0, 0.1) is 45.3 Å². The van der Waals surface area contributed by atoms with Crippen molar-refractivity contribution in [1.82, 2.24) is 0 Å². The second-order valence-electron chi connectivity index (χ2n) is 14.5. The summed E-state index contributed by atoms with van der Waals surface area (Å²) in [6.07, 6.45) is 12.1. The Labute approximate surface area is 202 Å². The van der Waals surface area contributed by atoms with Gasteiger partial charge in [-0.3, -0.25) is 0 Å². The molecule has 0 aromatic heterocycles. The first kappa shape index (κ1) is 23.8. The van der Waals surface area contributed by atoms with Crippen molar-refractivity contribution in [1.29, 1.82) is 0 Å². The molecular weight excluding hydrogens is 408 g/mol. The molecule has 3 fully saturated rings. The lowest BCUT2D eigenvalue weighted by Gasteiger charge is -2.65. The van der Waals surface area contributed by atoms with Gasteiger partial charge in [0.2, 0.25) is 0 Å². The molecule has 8 atom stereocenters. The molecule has 1 saturated heterocycles. The fraction of sp³-hybridized carbons (Fsp3) is 0.867. The van der Waals surface area contributed by atoms with Gasteiger partial charge < -0.3 is 14.9 Å². The van der Waals surface area contributed by atoms with E-state index < -0.39 is 0 Å². The zero-order valence-electron chi connectivity index (χ0n) is 22.4. The maximum Gasteiger partial charge on any atom is 0.137 e. The molecule has 33 heavy (non-hydrogen) atoms. The number of ether oxygens (including phenoxy) is 1. The number of rotatable bonds is 4. The number of fused-ring (bicyclic) bond motifs is 5. The highest BCUT2D eigenvalue weighted by molar-refractivity contribution is 5.37. The number of allylic oxidation sites excluding steroid dienone is 3. The van der Waals surface area contributed by atoms with E-state index in [2.05, 4.69) is 61.5 Å². The van der Waals surface area contributed by atoms with Gasteiger partial charge in [-0.15, -0.1) is 0 Å². The molecule has 0 aromatic carbocycles. The largest absolute Gasteiger partial charge is 0.509 e. The van der Waals surface area contributed by atoms with E-state index in [9.17, 15) is 10.2 Å².